The molecule has 4 nitrogen and oxygen atoms in total. The number of carboxylic acids is 1. The molecule has 1 aliphatic heterocycles. The van der Waals surface area contributed by atoms with Gasteiger partial charge in [-0.15, -0.1) is 0 Å². The summed E-state index contributed by atoms with van der Waals surface area (Å²) in [4.78, 5) is 13.0. The fourth-order valence-corrected chi connectivity index (χ4v) is 1.97. The molecule has 4 heteroatoms. The van der Waals surface area contributed by atoms with E-state index in [9.17, 15) is 4.79 Å². The summed E-state index contributed by atoms with van der Waals surface area (Å²) < 4.78 is 5.61. The lowest BCUT2D eigenvalue weighted by atomic mass is 10.0. The third kappa shape index (κ3) is 3.18. The zero-order chi connectivity index (χ0) is 11.4. The van der Waals surface area contributed by atoms with Gasteiger partial charge >= 0.3 is 5.97 Å². The molecule has 1 aliphatic rings. The third-order valence-electron chi connectivity index (χ3n) is 2.98. The van der Waals surface area contributed by atoms with Gasteiger partial charge in [-0.1, -0.05) is 20.8 Å². The summed E-state index contributed by atoms with van der Waals surface area (Å²) in [5.41, 5.74) is 0. The summed E-state index contributed by atoms with van der Waals surface area (Å²) in [5.74, 6) is -0.277. The van der Waals surface area contributed by atoms with Crippen LogP contribution in [0.3, 0.4) is 0 Å². The van der Waals surface area contributed by atoms with Crippen molar-refractivity contribution >= 4 is 5.97 Å². The van der Waals surface area contributed by atoms with Crippen molar-refractivity contribution in [3.8, 4) is 0 Å². The van der Waals surface area contributed by atoms with Crippen LogP contribution in [0.5, 0.6) is 0 Å². The van der Waals surface area contributed by atoms with Crippen LogP contribution in [0.25, 0.3) is 0 Å². The maximum Gasteiger partial charge on any atom is 0.320 e. The van der Waals surface area contributed by atoms with Gasteiger partial charge in [0.2, 0.25) is 0 Å². The molecule has 0 saturated carbocycles. The molecule has 88 valence electrons. The van der Waals surface area contributed by atoms with Crippen LogP contribution in [0.4, 0.5) is 0 Å². The first-order valence-corrected chi connectivity index (χ1v) is 5.64. The Morgan fingerprint density at radius 3 is 2.73 bits per heavy atom. The van der Waals surface area contributed by atoms with Gasteiger partial charge in [0.15, 0.2) is 0 Å². The first-order valence-electron chi connectivity index (χ1n) is 5.64. The first kappa shape index (κ1) is 12.5. The van der Waals surface area contributed by atoms with E-state index in [-0.39, 0.29) is 12.1 Å². The van der Waals surface area contributed by atoms with Crippen molar-refractivity contribution in [3.05, 3.63) is 0 Å². The predicted molar refractivity (Wildman–Crippen MR) is 57.9 cm³/mol. The molecule has 0 bridgehead atoms. The molecule has 1 fully saturated rings. The molecule has 2 unspecified atom stereocenters. The number of hydrogen-bond acceptors (Lipinski definition) is 3. The van der Waals surface area contributed by atoms with Gasteiger partial charge in [0.25, 0.3) is 0 Å². The number of rotatable bonds is 4. The highest BCUT2D eigenvalue weighted by Gasteiger charge is 2.30. The highest BCUT2D eigenvalue weighted by molar-refractivity contribution is 5.73. The van der Waals surface area contributed by atoms with Gasteiger partial charge in [0.1, 0.15) is 6.04 Å². The lowest BCUT2D eigenvalue weighted by Gasteiger charge is -2.37. The Labute approximate surface area is 91.2 Å². The number of ether oxygens (including phenoxy) is 1. The second-order valence-electron chi connectivity index (χ2n) is 4.41. The van der Waals surface area contributed by atoms with E-state index in [4.69, 9.17) is 9.84 Å². The number of aliphatic carboxylic acids is 1. The van der Waals surface area contributed by atoms with Crippen LogP contribution in [0.15, 0.2) is 0 Å². The summed E-state index contributed by atoms with van der Waals surface area (Å²) >= 11 is 0. The Morgan fingerprint density at radius 2 is 2.27 bits per heavy atom. The zero-order valence-corrected chi connectivity index (χ0v) is 9.77. The maximum absolute atomic E-state index is 11.0. The second kappa shape index (κ2) is 5.47. The molecule has 0 aliphatic carbocycles. The molecule has 1 N–H and O–H groups in total. The molecule has 0 aromatic rings. The molecule has 0 aromatic carbocycles. The predicted octanol–water partition coefficient (Wildman–Crippen LogP) is 1.21. The molecule has 2 atom stereocenters. The quantitative estimate of drug-likeness (QED) is 0.765. The second-order valence-corrected chi connectivity index (χ2v) is 4.41. The fraction of sp³-hybridized carbons (Fsp3) is 0.909. The minimum Gasteiger partial charge on any atom is -0.480 e. The molecule has 0 spiro atoms. The lowest BCUT2D eigenvalue weighted by Crippen LogP contribution is -2.51. The minimum absolute atomic E-state index is 0.173. The smallest absolute Gasteiger partial charge is 0.320 e. The number of hydrogen-bond donors (Lipinski definition) is 1. The largest absolute Gasteiger partial charge is 0.480 e. The summed E-state index contributed by atoms with van der Waals surface area (Å²) in [7, 11) is 0. The standard InChI is InChI=1S/C11H21NO3/c1-4-9(11(13)14)12-5-6-15-10(7-12)8(2)3/h8-10H,4-7H2,1-3H3,(H,13,14). The molecule has 0 aromatic heterocycles. The van der Waals surface area contributed by atoms with Crippen molar-refractivity contribution in [2.75, 3.05) is 19.7 Å². The summed E-state index contributed by atoms with van der Waals surface area (Å²) in [6.07, 6.45) is 0.826. The SMILES string of the molecule is CCC(C(=O)O)N1CCOC(C(C)C)C1. The Bertz CT molecular complexity index is 218. The maximum atomic E-state index is 11.0. The van der Waals surface area contributed by atoms with Crippen LogP contribution in [-0.4, -0.2) is 47.8 Å². The highest BCUT2D eigenvalue weighted by Crippen LogP contribution is 2.16. The van der Waals surface area contributed by atoms with E-state index in [0.29, 0.717) is 18.9 Å². The monoisotopic (exact) mass is 215 g/mol. The van der Waals surface area contributed by atoms with Crippen LogP contribution in [0, 0.1) is 5.92 Å². The molecular weight excluding hydrogens is 194 g/mol. The molecule has 1 heterocycles. The van der Waals surface area contributed by atoms with Gasteiger partial charge in [-0.3, -0.25) is 9.69 Å². The Morgan fingerprint density at radius 1 is 1.60 bits per heavy atom. The summed E-state index contributed by atoms with van der Waals surface area (Å²) in [6, 6.07) is -0.352. The molecule has 0 amide bonds. The Balaban J connectivity index is 2.58. The van der Waals surface area contributed by atoms with Gasteiger partial charge in [-0.05, 0) is 12.3 Å². The molecule has 1 saturated heterocycles. The van der Waals surface area contributed by atoms with Crippen molar-refractivity contribution in [2.45, 2.75) is 39.3 Å². The van der Waals surface area contributed by atoms with Crippen LogP contribution >= 0.6 is 0 Å². The fourth-order valence-electron chi connectivity index (χ4n) is 1.97. The van der Waals surface area contributed by atoms with Crippen molar-refractivity contribution < 1.29 is 14.6 Å². The van der Waals surface area contributed by atoms with Crippen molar-refractivity contribution in [1.29, 1.82) is 0 Å². The number of carboxylic acid groups (broad SMARTS) is 1. The molecular formula is C11H21NO3. The van der Waals surface area contributed by atoms with Gasteiger partial charge in [-0.25, -0.2) is 0 Å². The molecule has 15 heavy (non-hydrogen) atoms. The van der Waals surface area contributed by atoms with Crippen LogP contribution in [0.1, 0.15) is 27.2 Å². The van der Waals surface area contributed by atoms with E-state index in [1.165, 1.54) is 0 Å². The van der Waals surface area contributed by atoms with Crippen LogP contribution < -0.4 is 0 Å². The van der Waals surface area contributed by atoms with E-state index in [1.54, 1.807) is 0 Å². The Kier molecular flexibility index (Phi) is 4.54. The molecule has 0 radical (unpaired) electrons. The van der Waals surface area contributed by atoms with Crippen LogP contribution in [0.2, 0.25) is 0 Å². The number of nitrogens with zero attached hydrogens (tertiary/aromatic N) is 1. The Hall–Kier alpha value is -0.610. The van der Waals surface area contributed by atoms with E-state index in [2.05, 4.69) is 13.8 Å². The normalized spacial score (nSPS) is 25.5. The van der Waals surface area contributed by atoms with E-state index in [0.717, 1.165) is 13.1 Å². The van der Waals surface area contributed by atoms with Crippen molar-refractivity contribution in [3.63, 3.8) is 0 Å². The molecule has 1 rings (SSSR count). The summed E-state index contributed by atoms with van der Waals surface area (Å²) in [5, 5.41) is 9.07. The average molecular weight is 215 g/mol. The van der Waals surface area contributed by atoms with Crippen molar-refractivity contribution in [2.24, 2.45) is 5.92 Å². The topological polar surface area (TPSA) is 49.8 Å². The lowest BCUT2D eigenvalue weighted by molar-refractivity contribution is -0.147. The van der Waals surface area contributed by atoms with Gasteiger partial charge < -0.3 is 9.84 Å². The zero-order valence-electron chi connectivity index (χ0n) is 9.77. The first-order chi connectivity index (χ1) is 7.06. The van der Waals surface area contributed by atoms with Crippen LogP contribution in [-0.2, 0) is 9.53 Å². The highest BCUT2D eigenvalue weighted by atomic mass is 16.5. The average Bonchev–Trinajstić information content (AvgIpc) is 2.18. The van der Waals surface area contributed by atoms with Crippen molar-refractivity contribution in [1.82, 2.24) is 4.90 Å². The van der Waals surface area contributed by atoms with Gasteiger partial charge in [-0.2, -0.15) is 0 Å². The number of morpholine rings is 1. The van der Waals surface area contributed by atoms with E-state index < -0.39 is 5.97 Å². The van der Waals surface area contributed by atoms with Gasteiger partial charge in [0.05, 0.1) is 12.7 Å². The van der Waals surface area contributed by atoms with E-state index in [1.807, 2.05) is 11.8 Å². The van der Waals surface area contributed by atoms with Gasteiger partial charge in [0, 0.05) is 13.1 Å². The minimum atomic E-state index is -0.720. The number of carbonyl (C=O) groups is 1. The summed E-state index contributed by atoms with van der Waals surface area (Å²) in [6.45, 7) is 8.24. The third-order valence-corrected chi connectivity index (χ3v) is 2.98. The van der Waals surface area contributed by atoms with E-state index >= 15 is 0 Å².